The van der Waals surface area contributed by atoms with Gasteiger partial charge in [-0.1, -0.05) is 36.4 Å². The summed E-state index contributed by atoms with van der Waals surface area (Å²) >= 11 is 0. The Balaban J connectivity index is 1.76. The molecule has 7 nitrogen and oxygen atoms in total. The molecule has 0 spiro atoms. The van der Waals surface area contributed by atoms with E-state index in [1.54, 1.807) is 66.7 Å². The zero-order valence-electron chi connectivity index (χ0n) is 16.1. The average molecular weight is 391 g/mol. The Labute approximate surface area is 168 Å². The molecule has 0 unspecified atom stereocenters. The molecule has 3 N–H and O–H groups in total. The monoisotopic (exact) mass is 391 g/mol. The van der Waals surface area contributed by atoms with Crippen LogP contribution in [0.2, 0.25) is 0 Å². The Hall–Kier alpha value is -4.00. The molecule has 0 heterocycles. The number of nitrogens with one attached hydrogen (secondary N) is 3. The lowest BCUT2D eigenvalue weighted by Crippen LogP contribution is -2.22. The van der Waals surface area contributed by atoms with Gasteiger partial charge in [-0.3, -0.25) is 4.79 Å². The Morgan fingerprint density at radius 1 is 0.621 bits per heavy atom. The van der Waals surface area contributed by atoms with Crippen LogP contribution in [0.1, 0.15) is 10.4 Å². The van der Waals surface area contributed by atoms with E-state index in [9.17, 15) is 9.59 Å². The summed E-state index contributed by atoms with van der Waals surface area (Å²) in [7, 11) is 3.05. The highest BCUT2D eigenvalue weighted by molar-refractivity contribution is 6.11. The summed E-state index contributed by atoms with van der Waals surface area (Å²) < 4.78 is 10.5. The zero-order chi connectivity index (χ0) is 20.6. The van der Waals surface area contributed by atoms with Crippen molar-refractivity contribution in [1.82, 2.24) is 0 Å². The lowest BCUT2D eigenvalue weighted by Gasteiger charge is -2.14. The van der Waals surface area contributed by atoms with Crippen LogP contribution < -0.4 is 25.4 Å². The number of hydrogen-bond donors (Lipinski definition) is 3. The van der Waals surface area contributed by atoms with Crippen molar-refractivity contribution in [2.24, 2.45) is 0 Å². The highest BCUT2D eigenvalue weighted by Crippen LogP contribution is 2.26. The second kappa shape index (κ2) is 9.27. The fourth-order valence-corrected chi connectivity index (χ4v) is 2.75. The highest BCUT2D eigenvalue weighted by Gasteiger charge is 2.15. The number of rotatable bonds is 6. The van der Waals surface area contributed by atoms with E-state index >= 15 is 0 Å². The van der Waals surface area contributed by atoms with Gasteiger partial charge in [-0.15, -0.1) is 0 Å². The molecule has 7 heteroatoms. The number of methoxy groups -OCH3 is 2. The molecule has 0 aromatic heterocycles. The summed E-state index contributed by atoms with van der Waals surface area (Å²) in [4.78, 5) is 25.2. The molecule has 29 heavy (non-hydrogen) atoms. The van der Waals surface area contributed by atoms with Gasteiger partial charge in [-0.25, -0.2) is 4.79 Å². The summed E-state index contributed by atoms with van der Waals surface area (Å²) in [5, 5.41) is 8.23. The summed E-state index contributed by atoms with van der Waals surface area (Å²) in [5.74, 6) is 0.702. The smallest absolute Gasteiger partial charge is 0.323 e. The van der Waals surface area contributed by atoms with E-state index in [1.807, 2.05) is 6.07 Å². The molecule has 0 bridgehead atoms. The normalized spacial score (nSPS) is 10.0. The van der Waals surface area contributed by atoms with Gasteiger partial charge >= 0.3 is 6.03 Å². The molecule has 0 radical (unpaired) electrons. The quantitative estimate of drug-likeness (QED) is 0.573. The average Bonchev–Trinajstić information content (AvgIpc) is 2.74. The van der Waals surface area contributed by atoms with Crippen molar-refractivity contribution in [3.63, 3.8) is 0 Å². The number of urea groups is 1. The fourth-order valence-electron chi connectivity index (χ4n) is 2.75. The second-order valence-electron chi connectivity index (χ2n) is 5.98. The van der Waals surface area contributed by atoms with E-state index in [2.05, 4.69) is 16.0 Å². The van der Waals surface area contributed by atoms with Gasteiger partial charge in [0, 0.05) is 0 Å². The summed E-state index contributed by atoms with van der Waals surface area (Å²) in [5.41, 5.74) is 1.73. The van der Waals surface area contributed by atoms with Gasteiger partial charge in [0.25, 0.3) is 5.91 Å². The molecular formula is C22H21N3O4. The minimum Gasteiger partial charge on any atom is -0.495 e. The topological polar surface area (TPSA) is 88.7 Å². The third-order valence-corrected chi connectivity index (χ3v) is 4.13. The maximum Gasteiger partial charge on any atom is 0.323 e. The summed E-state index contributed by atoms with van der Waals surface area (Å²) in [6.45, 7) is 0. The molecule has 3 amide bonds. The van der Waals surface area contributed by atoms with Crippen molar-refractivity contribution in [3.05, 3.63) is 78.4 Å². The van der Waals surface area contributed by atoms with Crippen molar-refractivity contribution >= 4 is 29.0 Å². The van der Waals surface area contributed by atoms with Gasteiger partial charge in [0.1, 0.15) is 11.5 Å². The van der Waals surface area contributed by atoms with Crippen LogP contribution in [-0.2, 0) is 0 Å². The molecule has 148 valence electrons. The highest BCUT2D eigenvalue weighted by atomic mass is 16.5. The van der Waals surface area contributed by atoms with Crippen LogP contribution in [-0.4, -0.2) is 26.2 Å². The molecule has 3 aromatic carbocycles. The van der Waals surface area contributed by atoms with Crippen LogP contribution >= 0.6 is 0 Å². The first-order valence-electron chi connectivity index (χ1n) is 8.87. The number of amides is 3. The Morgan fingerprint density at radius 2 is 1.07 bits per heavy atom. The Morgan fingerprint density at radius 3 is 1.66 bits per heavy atom. The van der Waals surface area contributed by atoms with Gasteiger partial charge in [0.15, 0.2) is 0 Å². The Kier molecular flexibility index (Phi) is 6.32. The van der Waals surface area contributed by atoms with Gasteiger partial charge in [-0.2, -0.15) is 0 Å². The standard InChI is InChI=1S/C22H21N3O4/c1-28-19-13-7-5-11-17(19)23-21(26)15-9-3-4-10-16(15)24-22(27)25-18-12-6-8-14-20(18)29-2/h3-14H,1-2H3,(H,23,26)(H2,24,25,27). The molecule has 0 saturated heterocycles. The largest absolute Gasteiger partial charge is 0.495 e. The van der Waals surface area contributed by atoms with Gasteiger partial charge in [0.2, 0.25) is 0 Å². The summed E-state index contributed by atoms with van der Waals surface area (Å²) in [6.07, 6.45) is 0. The van der Waals surface area contributed by atoms with E-state index in [0.717, 1.165) is 0 Å². The molecule has 0 aliphatic carbocycles. The van der Waals surface area contributed by atoms with Crippen LogP contribution in [0, 0.1) is 0 Å². The third kappa shape index (κ3) is 4.84. The second-order valence-corrected chi connectivity index (χ2v) is 5.98. The molecule has 0 aliphatic heterocycles. The number of benzene rings is 3. The zero-order valence-corrected chi connectivity index (χ0v) is 16.1. The number of carbonyl (C=O) groups excluding carboxylic acids is 2. The van der Waals surface area contributed by atoms with Crippen LogP contribution in [0.5, 0.6) is 11.5 Å². The van der Waals surface area contributed by atoms with Crippen LogP contribution in [0.3, 0.4) is 0 Å². The lowest BCUT2D eigenvalue weighted by molar-refractivity contribution is 0.102. The molecule has 3 rings (SSSR count). The van der Waals surface area contributed by atoms with E-state index in [0.29, 0.717) is 34.1 Å². The number of ether oxygens (including phenoxy) is 2. The van der Waals surface area contributed by atoms with E-state index in [4.69, 9.17) is 9.47 Å². The van der Waals surface area contributed by atoms with Crippen molar-refractivity contribution in [2.45, 2.75) is 0 Å². The number of carbonyl (C=O) groups is 2. The lowest BCUT2D eigenvalue weighted by atomic mass is 10.1. The molecule has 0 fully saturated rings. The van der Waals surface area contributed by atoms with Crippen LogP contribution in [0.4, 0.5) is 21.9 Å². The molecule has 0 aliphatic rings. The Bertz CT molecular complexity index is 1020. The van der Waals surface area contributed by atoms with E-state index in [-0.39, 0.29) is 5.91 Å². The minimum atomic E-state index is -0.493. The fraction of sp³-hybridized carbons (Fsp3) is 0.0909. The van der Waals surface area contributed by atoms with Crippen molar-refractivity contribution in [1.29, 1.82) is 0 Å². The number of para-hydroxylation sites is 5. The predicted octanol–water partition coefficient (Wildman–Crippen LogP) is 4.60. The van der Waals surface area contributed by atoms with Gasteiger partial charge in [0.05, 0.1) is 36.8 Å². The molecule has 0 saturated carbocycles. The first kappa shape index (κ1) is 19.8. The molecule has 0 atom stereocenters. The molecule has 3 aromatic rings. The van der Waals surface area contributed by atoms with Crippen molar-refractivity contribution < 1.29 is 19.1 Å². The van der Waals surface area contributed by atoms with E-state index in [1.165, 1.54) is 14.2 Å². The number of anilines is 3. The van der Waals surface area contributed by atoms with Crippen LogP contribution in [0.25, 0.3) is 0 Å². The number of hydrogen-bond acceptors (Lipinski definition) is 4. The van der Waals surface area contributed by atoms with Crippen molar-refractivity contribution in [2.75, 3.05) is 30.2 Å². The molecular weight excluding hydrogens is 370 g/mol. The minimum absolute atomic E-state index is 0.314. The first-order chi connectivity index (χ1) is 14.1. The maximum absolute atomic E-state index is 12.8. The van der Waals surface area contributed by atoms with Crippen molar-refractivity contribution in [3.8, 4) is 11.5 Å². The van der Waals surface area contributed by atoms with Gasteiger partial charge in [-0.05, 0) is 36.4 Å². The van der Waals surface area contributed by atoms with E-state index < -0.39 is 6.03 Å². The summed E-state index contributed by atoms with van der Waals surface area (Å²) in [6, 6.07) is 20.4. The SMILES string of the molecule is COc1ccccc1NC(=O)Nc1ccccc1C(=O)Nc1ccccc1OC. The third-order valence-electron chi connectivity index (χ3n) is 4.13. The first-order valence-corrected chi connectivity index (χ1v) is 8.87. The van der Waals surface area contributed by atoms with Crippen LogP contribution in [0.15, 0.2) is 72.8 Å². The predicted molar refractivity (Wildman–Crippen MR) is 113 cm³/mol. The maximum atomic E-state index is 12.8. The van der Waals surface area contributed by atoms with Gasteiger partial charge < -0.3 is 25.4 Å².